The van der Waals surface area contributed by atoms with E-state index in [4.69, 9.17) is 0 Å². The van der Waals surface area contributed by atoms with Gasteiger partial charge in [0.2, 0.25) is 5.78 Å². The molecule has 0 bridgehead atoms. The molecular formula is C13H12N2O2. The summed E-state index contributed by atoms with van der Waals surface area (Å²) in [6, 6.07) is 6.61. The number of hydrogen-bond acceptors (Lipinski definition) is 4. The quantitative estimate of drug-likeness (QED) is 0.815. The van der Waals surface area contributed by atoms with Gasteiger partial charge in [-0.05, 0) is 30.2 Å². The molecule has 2 rings (SSSR count). The molecule has 0 spiro atoms. The van der Waals surface area contributed by atoms with Crippen molar-refractivity contribution in [3.05, 3.63) is 53.6 Å². The van der Waals surface area contributed by atoms with Crippen molar-refractivity contribution in [2.45, 2.75) is 13.3 Å². The molecule has 17 heavy (non-hydrogen) atoms. The van der Waals surface area contributed by atoms with Crippen LogP contribution in [0.15, 0.2) is 36.7 Å². The van der Waals surface area contributed by atoms with Crippen LogP contribution >= 0.6 is 0 Å². The number of hydrogen-bond donors (Lipinski definition) is 1. The fourth-order valence-corrected chi connectivity index (χ4v) is 1.47. The van der Waals surface area contributed by atoms with Crippen LogP contribution in [0.2, 0.25) is 0 Å². The van der Waals surface area contributed by atoms with Gasteiger partial charge in [0.05, 0.1) is 0 Å². The van der Waals surface area contributed by atoms with E-state index in [9.17, 15) is 9.90 Å². The topological polar surface area (TPSA) is 63.1 Å². The first kappa shape index (κ1) is 11.3. The van der Waals surface area contributed by atoms with Gasteiger partial charge in [-0.3, -0.25) is 4.79 Å². The van der Waals surface area contributed by atoms with Crippen LogP contribution in [0.4, 0.5) is 0 Å². The lowest BCUT2D eigenvalue weighted by atomic mass is 10.1. The minimum Gasteiger partial charge on any atom is -0.508 e. The number of rotatable bonds is 3. The van der Waals surface area contributed by atoms with Crippen molar-refractivity contribution < 1.29 is 9.90 Å². The second-order valence-corrected chi connectivity index (χ2v) is 3.85. The monoisotopic (exact) mass is 228 g/mol. The Bertz CT molecular complexity index is 535. The molecule has 1 aromatic carbocycles. The number of aromatic hydroxyl groups is 1. The molecular weight excluding hydrogens is 216 g/mol. The van der Waals surface area contributed by atoms with E-state index < -0.39 is 0 Å². The number of aromatic nitrogens is 2. The number of ketones is 1. The summed E-state index contributed by atoms with van der Waals surface area (Å²) in [6.45, 7) is 1.86. The average molecular weight is 228 g/mol. The van der Waals surface area contributed by atoms with Gasteiger partial charge in [0.25, 0.3) is 0 Å². The number of benzene rings is 1. The Morgan fingerprint density at radius 2 is 2.00 bits per heavy atom. The number of phenolic OH excluding ortho intramolecular Hbond substituents is 1. The summed E-state index contributed by atoms with van der Waals surface area (Å²) >= 11 is 0. The van der Waals surface area contributed by atoms with Crippen molar-refractivity contribution in [2.24, 2.45) is 0 Å². The minimum absolute atomic E-state index is 0.153. The maximum Gasteiger partial charge on any atom is 0.204 e. The third kappa shape index (κ3) is 2.87. The number of nitrogens with zero attached hydrogens (tertiary/aromatic N) is 2. The lowest BCUT2D eigenvalue weighted by molar-refractivity contribution is 0.0983. The van der Waals surface area contributed by atoms with E-state index in [1.807, 2.05) is 6.92 Å². The van der Waals surface area contributed by atoms with Gasteiger partial charge in [0.15, 0.2) is 5.82 Å². The van der Waals surface area contributed by atoms with Gasteiger partial charge in [-0.2, -0.15) is 0 Å². The van der Waals surface area contributed by atoms with Gasteiger partial charge in [-0.15, -0.1) is 0 Å². The van der Waals surface area contributed by atoms with E-state index in [-0.39, 0.29) is 23.8 Å². The molecule has 0 amide bonds. The van der Waals surface area contributed by atoms with Crippen LogP contribution in [0.5, 0.6) is 5.75 Å². The van der Waals surface area contributed by atoms with Crippen molar-refractivity contribution in [1.29, 1.82) is 0 Å². The largest absolute Gasteiger partial charge is 0.508 e. The highest BCUT2D eigenvalue weighted by Crippen LogP contribution is 2.12. The fraction of sp³-hybridized carbons (Fsp3) is 0.154. The molecule has 1 N–H and O–H groups in total. The summed E-state index contributed by atoms with van der Waals surface area (Å²) < 4.78 is 0. The molecule has 4 nitrogen and oxygen atoms in total. The van der Waals surface area contributed by atoms with Crippen LogP contribution in [0.25, 0.3) is 0 Å². The molecule has 0 fully saturated rings. The maximum atomic E-state index is 11.8. The lowest BCUT2D eigenvalue weighted by Gasteiger charge is -2.01. The predicted octanol–water partition coefficient (Wildman–Crippen LogP) is 1.92. The maximum absolute atomic E-state index is 11.8. The Morgan fingerprint density at radius 3 is 2.65 bits per heavy atom. The zero-order valence-electron chi connectivity index (χ0n) is 9.42. The average Bonchev–Trinajstić information content (AvgIpc) is 2.29. The highest BCUT2D eigenvalue weighted by Gasteiger charge is 2.09. The first-order chi connectivity index (χ1) is 8.15. The first-order valence-electron chi connectivity index (χ1n) is 5.25. The van der Waals surface area contributed by atoms with Crippen molar-refractivity contribution in [3.8, 4) is 5.75 Å². The molecule has 0 saturated carbocycles. The Morgan fingerprint density at radius 1 is 1.29 bits per heavy atom. The van der Waals surface area contributed by atoms with Crippen molar-refractivity contribution in [2.75, 3.05) is 0 Å². The summed E-state index contributed by atoms with van der Waals surface area (Å²) in [4.78, 5) is 19.8. The van der Waals surface area contributed by atoms with Crippen LogP contribution in [0.3, 0.4) is 0 Å². The predicted molar refractivity (Wildman–Crippen MR) is 62.9 cm³/mol. The van der Waals surface area contributed by atoms with Gasteiger partial charge in [0, 0.05) is 18.8 Å². The third-order valence-electron chi connectivity index (χ3n) is 2.31. The zero-order chi connectivity index (χ0) is 12.3. The molecule has 0 aliphatic heterocycles. The molecule has 0 unspecified atom stereocenters. The van der Waals surface area contributed by atoms with Crippen LogP contribution in [-0.4, -0.2) is 20.9 Å². The molecule has 0 aliphatic rings. The van der Waals surface area contributed by atoms with Gasteiger partial charge in [0.1, 0.15) is 5.75 Å². The van der Waals surface area contributed by atoms with E-state index >= 15 is 0 Å². The number of aryl methyl sites for hydroxylation is 1. The van der Waals surface area contributed by atoms with E-state index in [0.29, 0.717) is 0 Å². The van der Waals surface area contributed by atoms with E-state index in [1.54, 1.807) is 36.7 Å². The van der Waals surface area contributed by atoms with Crippen LogP contribution < -0.4 is 0 Å². The summed E-state index contributed by atoms with van der Waals surface area (Å²) in [6.07, 6.45) is 3.42. The number of Topliss-reactive ketones (excluding diaryl/α,β-unsaturated/α-hetero) is 1. The van der Waals surface area contributed by atoms with Gasteiger partial charge in [-0.1, -0.05) is 12.1 Å². The molecule has 86 valence electrons. The second kappa shape index (κ2) is 4.74. The Hall–Kier alpha value is -2.23. The van der Waals surface area contributed by atoms with Gasteiger partial charge < -0.3 is 5.11 Å². The SMILES string of the molecule is Cc1cnc(C(=O)Cc2cccc(O)c2)nc1. The van der Waals surface area contributed by atoms with Gasteiger partial charge in [-0.25, -0.2) is 9.97 Å². The van der Waals surface area contributed by atoms with E-state index in [1.165, 1.54) is 0 Å². The highest BCUT2D eigenvalue weighted by molar-refractivity contribution is 5.94. The molecule has 0 radical (unpaired) electrons. The molecule has 1 heterocycles. The lowest BCUT2D eigenvalue weighted by Crippen LogP contribution is -2.08. The van der Waals surface area contributed by atoms with Crippen molar-refractivity contribution in [3.63, 3.8) is 0 Å². The normalized spacial score (nSPS) is 10.2. The standard InChI is InChI=1S/C13H12N2O2/c1-9-7-14-13(15-8-9)12(17)6-10-3-2-4-11(16)5-10/h2-5,7-8,16H,6H2,1H3. The summed E-state index contributed by atoms with van der Waals surface area (Å²) in [5.74, 6) is 0.203. The fourth-order valence-electron chi connectivity index (χ4n) is 1.47. The zero-order valence-corrected chi connectivity index (χ0v) is 9.42. The molecule has 0 aliphatic carbocycles. The first-order valence-corrected chi connectivity index (χ1v) is 5.25. The van der Waals surface area contributed by atoms with E-state index in [0.717, 1.165) is 11.1 Å². The van der Waals surface area contributed by atoms with Gasteiger partial charge >= 0.3 is 0 Å². The Labute approximate surface area is 99.0 Å². The molecule has 2 aromatic rings. The Balaban J connectivity index is 2.14. The van der Waals surface area contributed by atoms with Crippen LogP contribution in [-0.2, 0) is 6.42 Å². The van der Waals surface area contributed by atoms with Crippen LogP contribution in [0.1, 0.15) is 21.7 Å². The number of carbonyl (C=O) groups is 1. The molecule has 4 heteroatoms. The number of carbonyl (C=O) groups excluding carboxylic acids is 1. The highest BCUT2D eigenvalue weighted by atomic mass is 16.3. The smallest absolute Gasteiger partial charge is 0.204 e. The summed E-state index contributed by atoms with van der Waals surface area (Å²) in [7, 11) is 0. The molecule has 1 aromatic heterocycles. The van der Waals surface area contributed by atoms with Crippen molar-refractivity contribution >= 4 is 5.78 Å². The number of phenols is 1. The Kier molecular flexibility index (Phi) is 3.14. The van der Waals surface area contributed by atoms with E-state index in [2.05, 4.69) is 9.97 Å². The third-order valence-corrected chi connectivity index (χ3v) is 2.31. The second-order valence-electron chi connectivity index (χ2n) is 3.85. The molecule has 0 atom stereocenters. The molecule has 0 saturated heterocycles. The summed E-state index contributed by atoms with van der Waals surface area (Å²) in [5, 5.41) is 9.29. The minimum atomic E-state index is -0.157. The van der Waals surface area contributed by atoms with Crippen LogP contribution in [0, 0.1) is 6.92 Å². The van der Waals surface area contributed by atoms with Crippen molar-refractivity contribution in [1.82, 2.24) is 9.97 Å². The summed E-state index contributed by atoms with van der Waals surface area (Å²) in [5.41, 5.74) is 1.66.